The van der Waals surface area contributed by atoms with E-state index in [1.807, 2.05) is 13.8 Å². The minimum Gasteiger partial charge on any atom is -0.346 e. The van der Waals surface area contributed by atoms with E-state index in [2.05, 4.69) is 0 Å². The van der Waals surface area contributed by atoms with Crippen LogP contribution in [-0.4, -0.2) is 36.5 Å². The summed E-state index contributed by atoms with van der Waals surface area (Å²) < 4.78 is 0. The van der Waals surface area contributed by atoms with E-state index in [4.69, 9.17) is 0 Å². The van der Waals surface area contributed by atoms with Gasteiger partial charge in [0, 0.05) is 38.3 Å². The van der Waals surface area contributed by atoms with Gasteiger partial charge in [-0.2, -0.15) is 0 Å². The highest BCUT2D eigenvalue weighted by molar-refractivity contribution is 5.80. The topological polar surface area (TPSA) is 54.5 Å². The first kappa shape index (κ1) is 17.8. The Hall–Kier alpha value is -1.19. The summed E-state index contributed by atoms with van der Waals surface area (Å²) in [5.74, 6) is 0.216. The van der Waals surface area contributed by atoms with Gasteiger partial charge >= 0.3 is 0 Å². The van der Waals surface area contributed by atoms with Crippen molar-refractivity contribution in [2.45, 2.75) is 52.9 Å². The first-order valence-corrected chi connectivity index (χ1v) is 7.11. The molecule has 4 nitrogen and oxygen atoms in total. The number of rotatable bonds is 10. The van der Waals surface area contributed by atoms with Gasteiger partial charge in [0.15, 0.2) is 0 Å². The van der Waals surface area contributed by atoms with E-state index in [-0.39, 0.29) is 24.2 Å². The van der Waals surface area contributed by atoms with Crippen molar-refractivity contribution in [3.8, 4) is 0 Å². The lowest BCUT2D eigenvalue weighted by Crippen LogP contribution is -2.32. The zero-order chi connectivity index (χ0) is 14.8. The maximum Gasteiger partial charge on any atom is 0.225 e. The second-order valence-corrected chi connectivity index (χ2v) is 5.49. The molecule has 1 amide bonds. The summed E-state index contributed by atoms with van der Waals surface area (Å²) >= 11 is 0. The van der Waals surface area contributed by atoms with E-state index in [1.54, 1.807) is 18.9 Å². The third kappa shape index (κ3) is 7.75. The molecule has 0 N–H and O–H groups in total. The van der Waals surface area contributed by atoms with Crippen LogP contribution in [0.1, 0.15) is 52.9 Å². The fourth-order valence-corrected chi connectivity index (χ4v) is 1.85. The van der Waals surface area contributed by atoms with Crippen molar-refractivity contribution in [1.82, 2.24) is 4.90 Å². The highest BCUT2D eigenvalue weighted by Gasteiger charge is 2.16. The Kier molecular flexibility index (Phi) is 9.09. The van der Waals surface area contributed by atoms with Crippen LogP contribution in [0.4, 0.5) is 0 Å². The molecule has 110 valence electrons. The average molecular weight is 269 g/mol. The summed E-state index contributed by atoms with van der Waals surface area (Å²) in [5.41, 5.74) is 0. The summed E-state index contributed by atoms with van der Waals surface area (Å²) in [6.45, 7) is 6.30. The molecule has 0 radical (unpaired) electrons. The van der Waals surface area contributed by atoms with Crippen LogP contribution in [0.5, 0.6) is 0 Å². The zero-order valence-corrected chi connectivity index (χ0v) is 12.6. The van der Waals surface area contributed by atoms with Crippen molar-refractivity contribution in [1.29, 1.82) is 0 Å². The number of amides is 1. The van der Waals surface area contributed by atoms with Gasteiger partial charge in [0.1, 0.15) is 12.1 Å². The number of unbranched alkanes of at least 4 members (excludes halogenated alkanes) is 2. The number of carbonyl (C=O) groups excluding carboxylic acids is 3. The maximum atomic E-state index is 11.8. The average Bonchev–Trinajstić information content (AvgIpc) is 2.36. The van der Waals surface area contributed by atoms with E-state index in [1.165, 1.54) is 0 Å². The Balaban J connectivity index is 3.74. The quantitative estimate of drug-likeness (QED) is 0.452. The first-order chi connectivity index (χ1) is 8.90. The molecule has 0 aromatic heterocycles. The Morgan fingerprint density at radius 2 is 1.74 bits per heavy atom. The van der Waals surface area contributed by atoms with Gasteiger partial charge in [-0.25, -0.2) is 0 Å². The summed E-state index contributed by atoms with van der Waals surface area (Å²) in [7, 11) is 1.77. The SMILES string of the molecule is CC(C)C(=O)CCCCCN(C)C(=O)C(C)CC=O. The summed E-state index contributed by atoms with van der Waals surface area (Å²) in [6, 6.07) is 0. The Bertz CT molecular complexity index is 300. The largest absolute Gasteiger partial charge is 0.346 e. The van der Waals surface area contributed by atoms with Crippen LogP contribution in [0.2, 0.25) is 0 Å². The van der Waals surface area contributed by atoms with Crippen molar-refractivity contribution < 1.29 is 14.4 Å². The van der Waals surface area contributed by atoms with Crippen LogP contribution in [-0.2, 0) is 14.4 Å². The smallest absolute Gasteiger partial charge is 0.225 e. The highest BCUT2D eigenvalue weighted by Crippen LogP contribution is 2.08. The Morgan fingerprint density at radius 3 is 2.26 bits per heavy atom. The lowest BCUT2D eigenvalue weighted by molar-refractivity contribution is -0.135. The molecular formula is C15H27NO3. The fourth-order valence-electron chi connectivity index (χ4n) is 1.85. The van der Waals surface area contributed by atoms with Gasteiger partial charge in [-0.1, -0.05) is 27.2 Å². The van der Waals surface area contributed by atoms with Crippen LogP contribution < -0.4 is 0 Å². The van der Waals surface area contributed by atoms with Crippen molar-refractivity contribution in [2.24, 2.45) is 11.8 Å². The molecule has 0 aliphatic rings. The molecule has 1 atom stereocenters. The van der Waals surface area contributed by atoms with Crippen LogP contribution in [0.15, 0.2) is 0 Å². The molecule has 0 bridgehead atoms. The molecule has 0 aromatic carbocycles. The number of hydrogen-bond donors (Lipinski definition) is 0. The minimum atomic E-state index is -0.231. The van der Waals surface area contributed by atoms with Crippen molar-refractivity contribution in [3.63, 3.8) is 0 Å². The van der Waals surface area contributed by atoms with E-state index in [0.29, 0.717) is 18.7 Å². The molecule has 0 spiro atoms. The highest BCUT2D eigenvalue weighted by atomic mass is 16.2. The van der Waals surface area contributed by atoms with Crippen molar-refractivity contribution in [2.75, 3.05) is 13.6 Å². The van der Waals surface area contributed by atoms with Gasteiger partial charge in [0.2, 0.25) is 5.91 Å². The second-order valence-electron chi connectivity index (χ2n) is 5.49. The molecule has 4 heteroatoms. The zero-order valence-electron chi connectivity index (χ0n) is 12.6. The number of nitrogens with zero attached hydrogens (tertiary/aromatic N) is 1. The third-order valence-electron chi connectivity index (χ3n) is 3.31. The summed E-state index contributed by atoms with van der Waals surface area (Å²) in [6.07, 6.45) is 4.46. The molecule has 0 fully saturated rings. The van der Waals surface area contributed by atoms with Crippen LogP contribution in [0, 0.1) is 11.8 Å². The Labute approximate surface area is 116 Å². The minimum absolute atomic E-state index is 0.0188. The number of ketones is 1. The third-order valence-corrected chi connectivity index (χ3v) is 3.31. The molecule has 0 aliphatic carbocycles. The van der Waals surface area contributed by atoms with Gasteiger partial charge in [0.25, 0.3) is 0 Å². The van der Waals surface area contributed by atoms with Gasteiger partial charge < -0.3 is 9.69 Å². The molecule has 0 saturated carbocycles. The normalized spacial score (nSPS) is 12.3. The maximum absolute atomic E-state index is 11.8. The second kappa shape index (κ2) is 9.70. The van der Waals surface area contributed by atoms with E-state index >= 15 is 0 Å². The molecule has 0 rings (SSSR count). The molecule has 0 heterocycles. The molecule has 0 aromatic rings. The number of aldehydes is 1. The van der Waals surface area contributed by atoms with E-state index < -0.39 is 0 Å². The van der Waals surface area contributed by atoms with Crippen LogP contribution in [0.25, 0.3) is 0 Å². The van der Waals surface area contributed by atoms with E-state index in [0.717, 1.165) is 25.5 Å². The number of carbonyl (C=O) groups is 3. The predicted octanol–water partition coefficient (Wildman–Crippen LogP) is 2.46. The van der Waals surface area contributed by atoms with Gasteiger partial charge in [0.05, 0.1) is 0 Å². The van der Waals surface area contributed by atoms with Crippen LogP contribution >= 0.6 is 0 Å². The van der Waals surface area contributed by atoms with Gasteiger partial charge in [-0.3, -0.25) is 9.59 Å². The fraction of sp³-hybridized carbons (Fsp3) is 0.800. The first-order valence-electron chi connectivity index (χ1n) is 7.11. The molecule has 0 aliphatic heterocycles. The van der Waals surface area contributed by atoms with Gasteiger partial charge in [-0.15, -0.1) is 0 Å². The Morgan fingerprint density at radius 1 is 1.11 bits per heavy atom. The molecule has 0 saturated heterocycles. The number of Topliss-reactive ketones (excluding diaryl/α,β-unsaturated/α-hetero) is 1. The predicted molar refractivity (Wildman–Crippen MR) is 75.8 cm³/mol. The summed E-state index contributed by atoms with van der Waals surface area (Å²) in [4.78, 5) is 35.3. The summed E-state index contributed by atoms with van der Waals surface area (Å²) in [5, 5.41) is 0. The number of hydrogen-bond acceptors (Lipinski definition) is 3. The van der Waals surface area contributed by atoms with Gasteiger partial charge in [-0.05, 0) is 12.8 Å². The van der Waals surface area contributed by atoms with E-state index in [9.17, 15) is 14.4 Å². The lowest BCUT2D eigenvalue weighted by atomic mass is 10.0. The molecule has 1 unspecified atom stereocenters. The standard InChI is InChI=1S/C15H27NO3/c1-12(2)14(18)8-6-5-7-10-16(4)15(19)13(3)9-11-17/h11-13H,5-10H2,1-4H3. The van der Waals surface area contributed by atoms with Crippen LogP contribution in [0.3, 0.4) is 0 Å². The monoisotopic (exact) mass is 269 g/mol. The van der Waals surface area contributed by atoms with Crippen molar-refractivity contribution >= 4 is 18.0 Å². The molecular weight excluding hydrogens is 242 g/mol. The van der Waals surface area contributed by atoms with Crippen molar-refractivity contribution in [3.05, 3.63) is 0 Å². The lowest BCUT2D eigenvalue weighted by Gasteiger charge is -2.20. The molecule has 19 heavy (non-hydrogen) atoms.